The number of fused-ring (bicyclic) bond motifs is 2. The summed E-state index contributed by atoms with van der Waals surface area (Å²) in [6.07, 6.45) is 2.23. The number of nitrogens with one attached hydrogen (secondary N) is 1. The van der Waals surface area contributed by atoms with Crippen LogP contribution < -0.4 is 14.8 Å². The number of carbonyl (C=O) groups is 1. The molecule has 0 bridgehead atoms. The Hall–Kier alpha value is -2.68. The predicted molar refractivity (Wildman–Crippen MR) is 84.4 cm³/mol. The second kappa shape index (κ2) is 5.17. The van der Waals surface area contributed by atoms with Crippen LogP contribution in [0.2, 0.25) is 0 Å². The zero-order chi connectivity index (χ0) is 16.1. The topological polar surface area (TPSA) is 90.6 Å². The third kappa shape index (κ3) is 2.28. The van der Waals surface area contributed by atoms with E-state index in [-0.39, 0.29) is 12.7 Å². The first-order chi connectivity index (χ1) is 11.8. The van der Waals surface area contributed by atoms with Crippen molar-refractivity contribution in [3.8, 4) is 11.5 Å². The van der Waals surface area contributed by atoms with Gasteiger partial charge in [0.15, 0.2) is 17.3 Å². The summed E-state index contributed by atoms with van der Waals surface area (Å²) in [6.45, 7) is 0.631. The monoisotopic (exact) mass is 343 g/mol. The molecule has 0 atom stereocenters. The Morgan fingerprint density at radius 2 is 2.17 bits per heavy atom. The second-order valence-corrected chi connectivity index (χ2v) is 6.76. The summed E-state index contributed by atoms with van der Waals surface area (Å²) >= 11 is 1.25. The Bertz CT molecular complexity index is 946. The van der Waals surface area contributed by atoms with Crippen molar-refractivity contribution in [2.45, 2.75) is 25.3 Å². The van der Waals surface area contributed by atoms with Gasteiger partial charge in [-0.2, -0.15) is 4.52 Å². The van der Waals surface area contributed by atoms with E-state index in [9.17, 15) is 4.79 Å². The van der Waals surface area contributed by atoms with Crippen molar-refractivity contribution in [3.63, 3.8) is 0 Å². The summed E-state index contributed by atoms with van der Waals surface area (Å²) in [4.78, 5) is 13.0. The Kier molecular flexibility index (Phi) is 2.96. The van der Waals surface area contributed by atoms with Gasteiger partial charge in [0.1, 0.15) is 0 Å². The molecule has 1 aliphatic carbocycles. The molecule has 3 heterocycles. The van der Waals surface area contributed by atoms with E-state index in [1.807, 2.05) is 18.2 Å². The standard InChI is InChI=1S/C15H13N5O3S/c21-13(16-6-8-1-4-10-11(5-8)23-7-22-10)14-19-20-12(9-2-3-9)17-18-15(20)24-14/h1,4-5,9H,2-3,6-7H2,(H,16,21). The van der Waals surface area contributed by atoms with Crippen LogP contribution in [0.15, 0.2) is 18.2 Å². The molecule has 2 aromatic heterocycles. The van der Waals surface area contributed by atoms with E-state index >= 15 is 0 Å². The van der Waals surface area contributed by atoms with E-state index in [0.717, 1.165) is 30.0 Å². The fraction of sp³-hybridized carbons (Fsp3) is 0.333. The summed E-state index contributed by atoms with van der Waals surface area (Å²) in [5.74, 6) is 2.51. The predicted octanol–water partition coefficient (Wildman–Crippen LogP) is 1.72. The fourth-order valence-electron chi connectivity index (χ4n) is 2.63. The van der Waals surface area contributed by atoms with E-state index in [1.54, 1.807) is 4.52 Å². The molecule has 9 heteroatoms. The minimum absolute atomic E-state index is 0.218. The van der Waals surface area contributed by atoms with Crippen molar-refractivity contribution in [2.24, 2.45) is 0 Å². The van der Waals surface area contributed by atoms with Gasteiger partial charge in [0.2, 0.25) is 16.8 Å². The summed E-state index contributed by atoms with van der Waals surface area (Å²) in [7, 11) is 0. The van der Waals surface area contributed by atoms with E-state index in [0.29, 0.717) is 28.2 Å². The smallest absolute Gasteiger partial charge is 0.282 e. The van der Waals surface area contributed by atoms with Gasteiger partial charge in [-0.05, 0) is 30.5 Å². The van der Waals surface area contributed by atoms with Crippen molar-refractivity contribution in [3.05, 3.63) is 34.6 Å². The molecule has 1 fully saturated rings. The molecule has 0 radical (unpaired) electrons. The van der Waals surface area contributed by atoms with E-state index < -0.39 is 0 Å². The molecule has 1 aliphatic heterocycles. The van der Waals surface area contributed by atoms with Gasteiger partial charge in [-0.1, -0.05) is 17.4 Å². The minimum Gasteiger partial charge on any atom is -0.454 e. The molecular weight excluding hydrogens is 330 g/mol. The Labute approximate surface area is 140 Å². The first kappa shape index (κ1) is 13.7. The lowest BCUT2D eigenvalue weighted by atomic mass is 10.2. The average Bonchev–Trinajstić information content (AvgIpc) is 3.02. The van der Waals surface area contributed by atoms with Crippen LogP contribution in [-0.2, 0) is 6.54 Å². The largest absolute Gasteiger partial charge is 0.454 e. The molecule has 0 unspecified atom stereocenters. The second-order valence-electron chi connectivity index (χ2n) is 5.80. The summed E-state index contributed by atoms with van der Waals surface area (Å²) in [6, 6.07) is 5.61. The first-order valence-corrected chi connectivity index (χ1v) is 8.48. The maximum atomic E-state index is 12.3. The molecule has 5 rings (SSSR count). The van der Waals surface area contributed by atoms with Gasteiger partial charge in [-0.15, -0.1) is 15.3 Å². The number of ether oxygens (including phenoxy) is 2. The maximum absolute atomic E-state index is 12.3. The van der Waals surface area contributed by atoms with Crippen molar-refractivity contribution >= 4 is 22.2 Å². The number of nitrogens with zero attached hydrogens (tertiary/aromatic N) is 4. The van der Waals surface area contributed by atoms with Gasteiger partial charge in [0.25, 0.3) is 5.91 Å². The normalized spacial score (nSPS) is 15.8. The van der Waals surface area contributed by atoms with Crippen molar-refractivity contribution in [1.29, 1.82) is 0 Å². The zero-order valence-corrected chi connectivity index (χ0v) is 13.4. The zero-order valence-electron chi connectivity index (χ0n) is 12.6. The van der Waals surface area contributed by atoms with Crippen molar-refractivity contribution in [1.82, 2.24) is 25.1 Å². The molecule has 1 aromatic carbocycles. The van der Waals surface area contributed by atoms with Gasteiger partial charge in [0, 0.05) is 12.5 Å². The molecule has 2 aliphatic rings. The van der Waals surface area contributed by atoms with E-state index in [1.165, 1.54) is 11.3 Å². The van der Waals surface area contributed by atoms with Crippen LogP contribution in [0.4, 0.5) is 0 Å². The van der Waals surface area contributed by atoms with Crippen LogP contribution >= 0.6 is 11.3 Å². The van der Waals surface area contributed by atoms with Gasteiger partial charge in [0.05, 0.1) is 0 Å². The van der Waals surface area contributed by atoms with Crippen LogP contribution in [0.5, 0.6) is 11.5 Å². The highest BCUT2D eigenvalue weighted by Crippen LogP contribution is 2.39. The summed E-state index contributed by atoms with van der Waals surface area (Å²) in [5, 5.41) is 15.9. The van der Waals surface area contributed by atoms with Crippen molar-refractivity contribution in [2.75, 3.05) is 6.79 Å². The summed E-state index contributed by atoms with van der Waals surface area (Å²) in [5.41, 5.74) is 0.939. The minimum atomic E-state index is -0.218. The highest BCUT2D eigenvalue weighted by Gasteiger charge is 2.30. The summed E-state index contributed by atoms with van der Waals surface area (Å²) < 4.78 is 12.3. The highest BCUT2D eigenvalue weighted by molar-refractivity contribution is 7.18. The molecule has 1 amide bonds. The Morgan fingerprint density at radius 1 is 1.29 bits per heavy atom. The number of benzene rings is 1. The number of hydrogen-bond acceptors (Lipinski definition) is 7. The van der Waals surface area contributed by atoms with Gasteiger partial charge >= 0.3 is 0 Å². The Balaban J connectivity index is 1.31. The van der Waals surface area contributed by atoms with Gasteiger partial charge < -0.3 is 14.8 Å². The lowest BCUT2D eigenvalue weighted by Crippen LogP contribution is -2.22. The quantitative estimate of drug-likeness (QED) is 0.776. The van der Waals surface area contributed by atoms with Crippen LogP contribution in [0.1, 0.15) is 39.9 Å². The highest BCUT2D eigenvalue weighted by atomic mass is 32.1. The number of rotatable bonds is 4. The van der Waals surface area contributed by atoms with Gasteiger partial charge in [-0.25, -0.2) is 0 Å². The lowest BCUT2D eigenvalue weighted by molar-refractivity contribution is 0.0949. The number of carbonyl (C=O) groups excluding carboxylic acids is 1. The SMILES string of the molecule is O=C(NCc1ccc2c(c1)OCO2)c1nn2c(C3CC3)nnc2s1. The molecule has 0 spiro atoms. The fourth-order valence-corrected chi connectivity index (χ4v) is 3.39. The molecule has 1 saturated carbocycles. The number of aromatic nitrogens is 4. The van der Waals surface area contributed by atoms with Crippen LogP contribution in [-0.4, -0.2) is 32.5 Å². The molecule has 1 N–H and O–H groups in total. The Morgan fingerprint density at radius 3 is 3.04 bits per heavy atom. The molecule has 122 valence electrons. The number of amides is 1. The van der Waals surface area contributed by atoms with Crippen LogP contribution in [0.3, 0.4) is 0 Å². The average molecular weight is 343 g/mol. The molecular formula is C15H13N5O3S. The lowest BCUT2D eigenvalue weighted by Gasteiger charge is -2.04. The molecule has 0 saturated heterocycles. The molecule has 3 aromatic rings. The third-order valence-electron chi connectivity index (χ3n) is 4.04. The van der Waals surface area contributed by atoms with E-state index in [2.05, 4.69) is 20.6 Å². The third-order valence-corrected chi connectivity index (χ3v) is 4.94. The van der Waals surface area contributed by atoms with E-state index in [4.69, 9.17) is 9.47 Å². The number of hydrogen-bond donors (Lipinski definition) is 1. The van der Waals surface area contributed by atoms with Crippen molar-refractivity contribution < 1.29 is 14.3 Å². The maximum Gasteiger partial charge on any atom is 0.282 e. The van der Waals surface area contributed by atoms with Crippen LogP contribution in [0, 0.1) is 0 Å². The van der Waals surface area contributed by atoms with Gasteiger partial charge in [-0.3, -0.25) is 4.79 Å². The van der Waals surface area contributed by atoms with Crippen LogP contribution in [0.25, 0.3) is 4.96 Å². The molecule has 8 nitrogen and oxygen atoms in total. The molecule has 24 heavy (non-hydrogen) atoms. The first-order valence-electron chi connectivity index (χ1n) is 7.67.